The lowest BCUT2D eigenvalue weighted by Gasteiger charge is -2.22. The minimum Gasteiger partial charge on any atom is -0.316 e. The maximum Gasteiger partial charge on any atom is 0.111 e. The molecule has 84 valence electrons. The average molecular weight is 216 g/mol. The van der Waals surface area contributed by atoms with Crippen LogP contribution in [0.1, 0.15) is 30.3 Å². The molecule has 4 nitrogen and oxygen atoms in total. The van der Waals surface area contributed by atoms with Gasteiger partial charge in [-0.05, 0) is 32.4 Å². The number of aromatic nitrogens is 3. The van der Waals surface area contributed by atoms with Crippen molar-refractivity contribution in [2.75, 3.05) is 13.1 Å². The molecule has 0 spiro atoms. The summed E-state index contributed by atoms with van der Waals surface area (Å²) in [6.07, 6.45) is 6.20. The molecule has 16 heavy (non-hydrogen) atoms. The van der Waals surface area contributed by atoms with Crippen LogP contribution in [0.4, 0.5) is 0 Å². The van der Waals surface area contributed by atoms with Gasteiger partial charge in [-0.2, -0.15) is 0 Å². The van der Waals surface area contributed by atoms with Crippen molar-refractivity contribution in [1.82, 2.24) is 19.7 Å². The summed E-state index contributed by atoms with van der Waals surface area (Å²) in [5.41, 5.74) is 2.35. The minimum atomic E-state index is 0.562. The van der Waals surface area contributed by atoms with Crippen molar-refractivity contribution < 1.29 is 0 Å². The highest BCUT2D eigenvalue weighted by Crippen LogP contribution is 2.22. The Hall–Kier alpha value is -1.42. The van der Waals surface area contributed by atoms with E-state index in [2.05, 4.69) is 21.4 Å². The molecular formula is C12H16N4. The first-order chi connectivity index (χ1) is 7.84. The zero-order valence-corrected chi connectivity index (χ0v) is 9.48. The van der Waals surface area contributed by atoms with E-state index < -0.39 is 0 Å². The zero-order valence-electron chi connectivity index (χ0n) is 9.48. The summed E-state index contributed by atoms with van der Waals surface area (Å²) in [4.78, 5) is 8.84. The van der Waals surface area contributed by atoms with Crippen LogP contribution in [0.3, 0.4) is 0 Å². The monoisotopic (exact) mass is 216 g/mol. The van der Waals surface area contributed by atoms with E-state index in [1.807, 2.05) is 23.8 Å². The van der Waals surface area contributed by atoms with Crippen molar-refractivity contribution in [2.24, 2.45) is 0 Å². The highest BCUT2D eigenvalue weighted by Gasteiger charge is 2.17. The number of rotatable bonds is 1. The molecule has 4 heteroatoms. The van der Waals surface area contributed by atoms with Crippen molar-refractivity contribution in [3.8, 4) is 0 Å². The van der Waals surface area contributed by atoms with Gasteiger partial charge in [0.05, 0.1) is 11.7 Å². The molecular weight excluding hydrogens is 200 g/mol. The number of hydrogen-bond donors (Lipinski definition) is 1. The molecule has 0 radical (unpaired) electrons. The summed E-state index contributed by atoms with van der Waals surface area (Å²) in [6.45, 7) is 4.23. The van der Waals surface area contributed by atoms with Crippen molar-refractivity contribution in [3.05, 3.63) is 30.1 Å². The third kappa shape index (κ3) is 1.59. The maximum atomic E-state index is 4.68. The van der Waals surface area contributed by atoms with Gasteiger partial charge in [-0.25, -0.2) is 9.97 Å². The Bertz CT molecular complexity index is 497. The summed E-state index contributed by atoms with van der Waals surface area (Å²) in [5.74, 6) is 1.59. The second-order valence-corrected chi connectivity index (χ2v) is 4.46. The Labute approximate surface area is 94.7 Å². The van der Waals surface area contributed by atoms with Gasteiger partial charge in [0.1, 0.15) is 12.2 Å². The van der Waals surface area contributed by atoms with E-state index in [0.717, 1.165) is 24.4 Å². The molecule has 0 aliphatic carbocycles. The molecule has 1 unspecified atom stereocenters. The fraction of sp³-hybridized carbons (Fsp3) is 0.500. The topological polar surface area (TPSA) is 42.2 Å². The van der Waals surface area contributed by atoms with Gasteiger partial charge in [-0.3, -0.25) is 4.40 Å². The fourth-order valence-electron chi connectivity index (χ4n) is 2.42. The van der Waals surface area contributed by atoms with E-state index >= 15 is 0 Å². The largest absolute Gasteiger partial charge is 0.316 e. The van der Waals surface area contributed by atoms with E-state index in [4.69, 9.17) is 0 Å². The van der Waals surface area contributed by atoms with E-state index in [9.17, 15) is 0 Å². The Morgan fingerprint density at radius 1 is 1.50 bits per heavy atom. The summed E-state index contributed by atoms with van der Waals surface area (Å²) >= 11 is 0. The number of nitrogens with one attached hydrogen (secondary N) is 1. The van der Waals surface area contributed by atoms with Gasteiger partial charge in [0.25, 0.3) is 0 Å². The first-order valence-corrected chi connectivity index (χ1v) is 5.85. The molecule has 1 saturated heterocycles. The lowest BCUT2D eigenvalue weighted by atomic mass is 9.96. The number of piperidine rings is 1. The summed E-state index contributed by atoms with van der Waals surface area (Å²) in [7, 11) is 0. The van der Waals surface area contributed by atoms with Crippen LogP contribution >= 0.6 is 0 Å². The molecule has 0 bridgehead atoms. The fourth-order valence-corrected chi connectivity index (χ4v) is 2.42. The first-order valence-electron chi connectivity index (χ1n) is 5.85. The van der Waals surface area contributed by atoms with Gasteiger partial charge in [0.15, 0.2) is 0 Å². The molecule has 3 heterocycles. The van der Waals surface area contributed by atoms with Crippen molar-refractivity contribution in [1.29, 1.82) is 0 Å². The first kappa shape index (κ1) is 9.78. The second kappa shape index (κ2) is 3.87. The zero-order chi connectivity index (χ0) is 11.0. The molecule has 2 aromatic heterocycles. The highest BCUT2D eigenvalue weighted by molar-refractivity contribution is 5.46. The Balaban J connectivity index is 2.02. The normalized spacial score (nSPS) is 21.4. The number of nitrogens with zero attached hydrogens (tertiary/aromatic N) is 3. The SMILES string of the molecule is Cc1nc(C2CCCNC2)cc2cncn12. The van der Waals surface area contributed by atoms with E-state index in [1.165, 1.54) is 18.5 Å². The van der Waals surface area contributed by atoms with Gasteiger partial charge in [-0.15, -0.1) is 0 Å². The lowest BCUT2D eigenvalue weighted by Crippen LogP contribution is -2.29. The van der Waals surface area contributed by atoms with E-state index in [-0.39, 0.29) is 0 Å². The van der Waals surface area contributed by atoms with Crippen LogP contribution in [0.15, 0.2) is 18.6 Å². The molecule has 3 rings (SSSR count). The predicted molar refractivity (Wildman–Crippen MR) is 62.6 cm³/mol. The van der Waals surface area contributed by atoms with E-state index in [0.29, 0.717) is 5.92 Å². The molecule has 1 fully saturated rings. The molecule has 2 aromatic rings. The minimum absolute atomic E-state index is 0.562. The Morgan fingerprint density at radius 2 is 2.44 bits per heavy atom. The van der Waals surface area contributed by atoms with Crippen LogP contribution in [0.5, 0.6) is 0 Å². The van der Waals surface area contributed by atoms with Crippen molar-refractivity contribution in [3.63, 3.8) is 0 Å². The highest BCUT2D eigenvalue weighted by atomic mass is 15.0. The number of imidazole rings is 1. The summed E-state index contributed by atoms with van der Waals surface area (Å²) < 4.78 is 2.03. The van der Waals surface area contributed by atoms with Gasteiger partial charge in [0.2, 0.25) is 0 Å². The van der Waals surface area contributed by atoms with Crippen LogP contribution in [0, 0.1) is 6.92 Å². The maximum absolute atomic E-state index is 4.68. The Kier molecular flexibility index (Phi) is 2.36. The standard InChI is InChI=1S/C12H16N4/c1-9-15-12(10-3-2-4-13-6-10)5-11-7-14-8-16(9)11/h5,7-8,10,13H,2-4,6H2,1H3. The van der Waals surface area contributed by atoms with Crippen LogP contribution in [0.2, 0.25) is 0 Å². The van der Waals surface area contributed by atoms with Gasteiger partial charge < -0.3 is 5.32 Å². The number of aryl methyl sites for hydroxylation is 1. The number of hydrogen-bond acceptors (Lipinski definition) is 3. The van der Waals surface area contributed by atoms with Crippen molar-refractivity contribution in [2.45, 2.75) is 25.7 Å². The van der Waals surface area contributed by atoms with Gasteiger partial charge in [-0.1, -0.05) is 0 Å². The molecule has 1 aliphatic rings. The van der Waals surface area contributed by atoms with Gasteiger partial charge >= 0.3 is 0 Å². The van der Waals surface area contributed by atoms with Crippen molar-refractivity contribution >= 4 is 5.52 Å². The predicted octanol–water partition coefficient (Wildman–Crippen LogP) is 1.50. The van der Waals surface area contributed by atoms with Crippen LogP contribution in [-0.2, 0) is 0 Å². The number of fused-ring (bicyclic) bond motifs is 1. The van der Waals surface area contributed by atoms with Crippen LogP contribution < -0.4 is 5.32 Å². The molecule has 1 aliphatic heterocycles. The second-order valence-electron chi connectivity index (χ2n) is 4.46. The Morgan fingerprint density at radius 3 is 3.25 bits per heavy atom. The lowest BCUT2D eigenvalue weighted by molar-refractivity contribution is 0.453. The quantitative estimate of drug-likeness (QED) is 0.785. The third-order valence-corrected chi connectivity index (χ3v) is 3.32. The molecule has 1 atom stereocenters. The van der Waals surface area contributed by atoms with E-state index in [1.54, 1.807) is 0 Å². The smallest absolute Gasteiger partial charge is 0.111 e. The average Bonchev–Trinajstić information content (AvgIpc) is 2.79. The summed E-state index contributed by atoms with van der Waals surface area (Å²) in [6, 6.07) is 2.16. The van der Waals surface area contributed by atoms with Gasteiger partial charge in [0, 0.05) is 18.2 Å². The van der Waals surface area contributed by atoms with Crippen LogP contribution in [0.25, 0.3) is 5.52 Å². The molecule has 0 aromatic carbocycles. The molecule has 1 N–H and O–H groups in total. The third-order valence-electron chi connectivity index (χ3n) is 3.32. The molecule has 0 amide bonds. The molecule has 0 saturated carbocycles. The summed E-state index contributed by atoms with van der Waals surface area (Å²) in [5, 5.41) is 3.43. The van der Waals surface area contributed by atoms with Crippen LogP contribution in [-0.4, -0.2) is 27.5 Å².